The lowest BCUT2D eigenvalue weighted by Gasteiger charge is -2.10. The summed E-state index contributed by atoms with van der Waals surface area (Å²) in [6.45, 7) is 4.99. The van der Waals surface area contributed by atoms with Crippen molar-refractivity contribution < 1.29 is 19.0 Å². The second-order valence-corrected chi connectivity index (χ2v) is 7.29. The van der Waals surface area contributed by atoms with Gasteiger partial charge in [-0.05, 0) is 73.0 Å². The molecule has 3 aromatic rings. The van der Waals surface area contributed by atoms with E-state index in [9.17, 15) is 4.79 Å². The summed E-state index contributed by atoms with van der Waals surface area (Å²) in [4.78, 5) is 16.4. The van der Waals surface area contributed by atoms with Gasteiger partial charge < -0.3 is 14.2 Å². The van der Waals surface area contributed by atoms with Crippen molar-refractivity contribution in [3.8, 4) is 11.5 Å². The molecular weight excluding hydrogens is 390 g/mol. The minimum absolute atomic E-state index is 0.273. The summed E-state index contributed by atoms with van der Waals surface area (Å²) >= 11 is 0. The Hall–Kier alpha value is -3.86. The molecule has 0 spiro atoms. The topological polar surface area (TPSA) is 57.1 Å². The molecule has 0 atom stereocenters. The van der Waals surface area contributed by atoms with E-state index in [1.54, 1.807) is 6.08 Å². The lowest BCUT2D eigenvalue weighted by Crippen LogP contribution is -2.09. The highest BCUT2D eigenvalue weighted by molar-refractivity contribution is 6.12. The summed E-state index contributed by atoms with van der Waals surface area (Å²) in [6.07, 6.45) is 1.70. The largest absolute Gasteiger partial charge is 0.490 e. The lowest BCUT2D eigenvalue weighted by atomic mass is 10.1. The fraction of sp³-hybridized carbons (Fsp3) is 0.154. The number of hydrogen-bond acceptors (Lipinski definition) is 5. The number of cyclic esters (lactones) is 1. The van der Waals surface area contributed by atoms with Gasteiger partial charge in [0.05, 0.1) is 0 Å². The van der Waals surface area contributed by atoms with E-state index in [-0.39, 0.29) is 5.70 Å². The Morgan fingerprint density at radius 2 is 1.48 bits per heavy atom. The average Bonchev–Trinajstić information content (AvgIpc) is 3.13. The Balaban J connectivity index is 1.33. The van der Waals surface area contributed by atoms with Crippen molar-refractivity contribution in [1.29, 1.82) is 0 Å². The molecule has 0 radical (unpaired) electrons. The first-order valence-corrected chi connectivity index (χ1v) is 10.1. The van der Waals surface area contributed by atoms with Gasteiger partial charge >= 0.3 is 5.97 Å². The second kappa shape index (κ2) is 9.30. The Labute approximate surface area is 181 Å². The van der Waals surface area contributed by atoms with Crippen LogP contribution in [0, 0.1) is 13.8 Å². The summed E-state index contributed by atoms with van der Waals surface area (Å²) in [6, 6.07) is 22.9. The molecule has 1 aliphatic heterocycles. The van der Waals surface area contributed by atoms with Gasteiger partial charge in [0.1, 0.15) is 24.7 Å². The lowest BCUT2D eigenvalue weighted by molar-refractivity contribution is -0.129. The van der Waals surface area contributed by atoms with Gasteiger partial charge in [-0.15, -0.1) is 0 Å². The zero-order valence-electron chi connectivity index (χ0n) is 17.5. The van der Waals surface area contributed by atoms with E-state index in [0.717, 1.165) is 22.6 Å². The van der Waals surface area contributed by atoms with Crippen molar-refractivity contribution in [1.82, 2.24) is 0 Å². The van der Waals surface area contributed by atoms with Crippen LogP contribution in [0.25, 0.3) is 6.08 Å². The van der Waals surface area contributed by atoms with Crippen LogP contribution in [0.3, 0.4) is 0 Å². The van der Waals surface area contributed by atoms with Crippen LogP contribution in [-0.2, 0) is 9.53 Å². The fourth-order valence-electron chi connectivity index (χ4n) is 3.27. The van der Waals surface area contributed by atoms with Crippen molar-refractivity contribution in [2.24, 2.45) is 4.99 Å². The van der Waals surface area contributed by atoms with E-state index in [1.165, 1.54) is 11.1 Å². The molecule has 4 rings (SSSR count). The highest BCUT2D eigenvalue weighted by Crippen LogP contribution is 2.21. The molecule has 1 heterocycles. The second-order valence-electron chi connectivity index (χ2n) is 7.29. The molecule has 0 amide bonds. The SMILES string of the molecule is Cc1cc(C)cc(OCCOc2ccc(C=C3N=C(c4ccccc4)OC3=O)cc2)c1. The zero-order valence-corrected chi connectivity index (χ0v) is 17.5. The molecule has 3 aromatic carbocycles. The van der Waals surface area contributed by atoms with Gasteiger partial charge in [0.25, 0.3) is 0 Å². The molecule has 0 saturated carbocycles. The van der Waals surface area contributed by atoms with Crippen LogP contribution in [0.15, 0.2) is 83.5 Å². The first-order chi connectivity index (χ1) is 15.1. The van der Waals surface area contributed by atoms with Gasteiger partial charge in [0, 0.05) is 5.56 Å². The molecule has 31 heavy (non-hydrogen) atoms. The number of aliphatic imine (C=N–C) groups is 1. The van der Waals surface area contributed by atoms with Crippen LogP contribution < -0.4 is 9.47 Å². The number of ether oxygens (including phenoxy) is 3. The van der Waals surface area contributed by atoms with Crippen LogP contribution in [-0.4, -0.2) is 25.1 Å². The Bertz CT molecular complexity index is 1110. The molecule has 0 bridgehead atoms. The predicted molar refractivity (Wildman–Crippen MR) is 120 cm³/mol. The van der Waals surface area contributed by atoms with Crippen LogP contribution in [0.5, 0.6) is 11.5 Å². The first-order valence-electron chi connectivity index (χ1n) is 10.1. The molecule has 5 nitrogen and oxygen atoms in total. The fourth-order valence-corrected chi connectivity index (χ4v) is 3.27. The first kappa shape index (κ1) is 20.4. The number of rotatable bonds is 7. The number of aryl methyl sites for hydroxylation is 2. The molecule has 0 fully saturated rings. The van der Waals surface area contributed by atoms with Crippen LogP contribution in [0.1, 0.15) is 22.3 Å². The van der Waals surface area contributed by atoms with Gasteiger partial charge in [-0.25, -0.2) is 9.79 Å². The summed E-state index contributed by atoms with van der Waals surface area (Å²) in [5.74, 6) is 1.44. The number of nitrogens with zero attached hydrogens (tertiary/aromatic N) is 1. The maximum absolute atomic E-state index is 12.1. The Morgan fingerprint density at radius 3 is 2.16 bits per heavy atom. The third-order valence-corrected chi connectivity index (χ3v) is 4.64. The molecule has 5 heteroatoms. The minimum atomic E-state index is -0.456. The molecular formula is C26H23NO4. The Morgan fingerprint density at radius 1 is 0.839 bits per heavy atom. The van der Waals surface area contributed by atoms with Crippen molar-refractivity contribution in [3.05, 3.63) is 101 Å². The third-order valence-electron chi connectivity index (χ3n) is 4.64. The molecule has 0 aromatic heterocycles. The van der Waals surface area contributed by atoms with Gasteiger partial charge in [-0.2, -0.15) is 0 Å². The molecule has 0 unspecified atom stereocenters. The Kier molecular flexibility index (Phi) is 6.13. The summed E-state index contributed by atoms with van der Waals surface area (Å²) in [7, 11) is 0. The summed E-state index contributed by atoms with van der Waals surface area (Å²) < 4.78 is 16.8. The summed E-state index contributed by atoms with van der Waals surface area (Å²) in [5.41, 5.74) is 4.23. The van der Waals surface area contributed by atoms with Gasteiger partial charge in [0.2, 0.25) is 5.90 Å². The van der Waals surface area contributed by atoms with Gasteiger partial charge in [-0.3, -0.25) is 0 Å². The maximum Gasteiger partial charge on any atom is 0.363 e. The van der Waals surface area contributed by atoms with Crippen LogP contribution in [0.4, 0.5) is 0 Å². The van der Waals surface area contributed by atoms with Crippen molar-refractivity contribution in [3.63, 3.8) is 0 Å². The van der Waals surface area contributed by atoms with Crippen molar-refractivity contribution >= 4 is 17.9 Å². The molecule has 0 aliphatic carbocycles. The monoisotopic (exact) mass is 413 g/mol. The number of carbonyl (C=O) groups is 1. The van der Waals surface area contributed by atoms with E-state index < -0.39 is 5.97 Å². The summed E-state index contributed by atoms with van der Waals surface area (Å²) in [5, 5.41) is 0. The number of carbonyl (C=O) groups excluding carboxylic acids is 1. The van der Waals surface area contributed by atoms with E-state index >= 15 is 0 Å². The standard InChI is InChI=1S/C26H23NO4/c1-18-14-19(2)16-23(15-18)30-13-12-29-22-10-8-20(9-11-22)17-24-26(28)31-25(27-24)21-6-4-3-5-7-21/h3-11,14-17H,12-13H2,1-2H3. The van der Waals surface area contributed by atoms with Crippen molar-refractivity contribution in [2.75, 3.05) is 13.2 Å². The molecule has 1 aliphatic rings. The third kappa shape index (κ3) is 5.39. The van der Waals surface area contributed by atoms with E-state index in [1.807, 2.05) is 80.6 Å². The average molecular weight is 413 g/mol. The highest BCUT2D eigenvalue weighted by atomic mass is 16.6. The minimum Gasteiger partial charge on any atom is -0.490 e. The van der Waals surface area contributed by atoms with Gasteiger partial charge in [0.15, 0.2) is 5.70 Å². The number of benzene rings is 3. The van der Waals surface area contributed by atoms with Crippen LogP contribution >= 0.6 is 0 Å². The number of esters is 1. The quantitative estimate of drug-likeness (QED) is 0.307. The maximum atomic E-state index is 12.1. The molecule has 156 valence electrons. The van der Waals surface area contributed by atoms with Gasteiger partial charge in [-0.1, -0.05) is 36.4 Å². The zero-order chi connectivity index (χ0) is 21.6. The smallest absolute Gasteiger partial charge is 0.363 e. The normalized spacial score (nSPS) is 14.3. The predicted octanol–water partition coefficient (Wildman–Crippen LogP) is 5.11. The van der Waals surface area contributed by atoms with Crippen LogP contribution in [0.2, 0.25) is 0 Å². The van der Waals surface area contributed by atoms with E-state index in [4.69, 9.17) is 14.2 Å². The number of hydrogen-bond donors (Lipinski definition) is 0. The highest BCUT2D eigenvalue weighted by Gasteiger charge is 2.23. The van der Waals surface area contributed by atoms with Crippen molar-refractivity contribution in [2.45, 2.75) is 13.8 Å². The molecule has 0 N–H and O–H groups in total. The van der Waals surface area contributed by atoms with E-state index in [2.05, 4.69) is 11.1 Å². The van der Waals surface area contributed by atoms with E-state index in [0.29, 0.717) is 19.1 Å². The molecule has 0 saturated heterocycles.